The Morgan fingerprint density at radius 3 is 2.58 bits per heavy atom. The third-order valence-electron chi connectivity index (χ3n) is 5.42. The van der Waals surface area contributed by atoms with Crippen LogP contribution in [0, 0.1) is 12.3 Å². The van der Waals surface area contributed by atoms with Crippen LogP contribution in [0.15, 0.2) is 53.5 Å². The molecule has 2 aromatic carbocycles. The molecule has 1 aliphatic rings. The highest BCUT2D eigenvalue weighted by molar-refractivity contribution is 5.94. The van der Waals surface area contributed by atoms with Gasteiger partial charge in [0.05, 0.1) is 11.9 Å². The van der Waals surface area contributed by atoms with Crippen molar-refractivity contribution in [1.82, 2.24) is 14.9 Å². The van der Waals surface area contributed by atoms with Crippen LogP contribution in [0.25, 0.3) is 11.3 Å². The number of carbonyl (C=O) groups is 1. The van der Waals surface area contributed by atoms with E-state index in [1.165, 1.54) is 4.57 Å². The highest BCUT2D eigenvalue weighted by Crippen LogP contribution is 2.25. The van der Waals surface area contributed by atoms with Crippen LogP contribution >= 0.6 is 0 Å². The number of anilines is 2. The first-order valence-corrected chi connectivity index (χ1v) is 10.7. The molecule has 0 unspecified atom stereocenters. The first-order chi connectivity index (χ1) is 15.8. The fraction of sp³-hybridized carbons (Fsp3) is 0.250. The second-order valence-electron chi connectivity index (χ2n) is 8.32. The predicted octanol–water partition coefficient (Wildman–Crippen LogP) is 1.98. The molecule has 170 valence electrons. The average Bonchev–Trinajstić information content (AvgIpc) is 3.59. The van der Waals surface area contributed by atoms with Gasteiger partial charge in [-0.15, -0.1) is 0 Å². The zero-order valence-corrected chi connectivity index (χ0v) is 18.4. The Labute approximate surface area is 191 Å². The molecule has 0 spiro atoms. The number of amidine groups is 1. The second kappa shape index (κ2) is 9.15. The number of aromatic nitrogens is 2. The highest BCUT2D eigenvalue weighted by atomic mass is 16.2. The van der Waals surface area contributed by atoms with E-state index in [1.807, 2.05) is 19.1 Å². The Hall–Kier alpha value is -4.14. The Kier molecular flexibility index (Phi) is 6.12. The maximum Gasteiger partial charge on any atom is 0.294 e. The van der Waals surface area contributed by atoms with Crippen molar-refractivity contribution in [1.29, 1.82) is 5.41 Å². The molecule has 0 saturated heterocycles. The van der Waals surface area contributed by atoms with Gasteiger partial charge in [0.2, 0.25) is 5.91 Å². The highest BCUT2D eigenvalue weighted by Gasteiger charge is 2.24. The molecule has 3 aromatic rings. The van der Waals surface area contributed by atoms with Gasteiger partial charge < -0.3 is 22.1 Å². The predicted molar refractivity (Wildman–Crippen MR) is 129 cm³/mol. The maximum absolute atomic E-state index is 13.2. The van der Waals surface area contributed by atoms with Crippen LogP contribution in [0.3, 0.4) is 0 Å². The SMILES string of the molecule is Cc1cc(N)cc(-c2cnc(NC3CC3)c(=O)n2CC(=O)NCc2ccc(C(=N)N)cc2)c1. The van der Waals surface area contributed by atoms with Crippen molar-refractivity contribution < 1.29 is 4.79 Å². The van der Waals surface area contributed by atoms with Crippen molar-refractivity contribution in [3.05, 3.63) is 75.7 Å². The summed E-state index contributed by atoms with van der Waals surface area (Å²) in [5.74, 6) is -0.0738. The summed E-state index contributed by atoms with van der Waals surface area (Å²) < 4.78 is 1.43. The van der Waals surface area contributed by atoms with E-state index < -0.39 is 0 Å². The molecule has 0 aliphatic heterocycles. The van der Waals surface area contributed by atoms with Gasteiger partial charge in [0.25, 0.3) is 5.56 Å². The summed E-state index contributed by atoms with van der Waals surface area (Å²) in [4.78, 5) is 30.3. The Morgan fingerprint density at radius 1 is 1.21 bits per heavy atom. The van der Waals surface area contributed by atoms with E-state index in [1.54, 1.807) is 36.5 Å². The maximum atomic E-state index is 13.2. The number of hydrogen-bond donors (Lipinski definition) is 5. The number of nitrogens with two attached hydrogens (primary N) is 2. The number of benzene rings is 2. The summed E-state index contributed by atoms with van der Waals surface area (Å²) in [5, 5.41) is 13.5. The zero-order valence-electron chi connectivity index (χ0n) is 18.4. The van der Waals surface area contributed by atoms with Crippen molar-refractivity contribution in [2.24, 2.45) is 5.73 Å². The van der Waals surface area contributed by atoms with Crippen LogP contribution in [0.1, 0.15) is 29.5 Å². The number of carbonyl (C=O) groups excluding carboxylic acids is 1. The smallest absolute Gasteiger partial charge is 0.294 e. The number of hydrogen-bond acceptors (Lipinski definition) is 6. The summed E-state index contributed by atoms with van der Waals surface area (Å²) >= 11 is 0. The minimum absolute atomic E-state index is 0.0115. The molecular formula is C24H27N7O2. The quantitative estimate of drug-likeness (QED) is 0.203. The molecule has 7 N–H and O–H groups in total. The lowest BCUT2D eigenvalue weighted by atomic mass is 10.1. The summed E-state index contributed by atoms with van der Waals surface area (Å²) in [7, 11) is 0. The van der Waals surface area contributed by atoms with Crippen LogP contribution in [-0.2, 0) is 17.9 Å². The zero-order chi connectivity index (χ0) is 23.5. The van der Waals surface area contributed by atoms with Crippen molar-refractivity contribution >= 4 is 23.2 Å². The van der Waals surface area contributed by atoms with E-state index in [0.29, 0.717) is 16.9 Å². The lowest BCUT2D eigenvalue weighted by Crippen LogP contribution is -2.34. The van der Waals surface area contributed by atoms with Crippen LogP contribution in [0.4, 0.5) is 11.5 Å². The number of amides is 1. The second-order valence-corrected chi connectivity index (χ2v) is 8.32. The van der Waals surface area contributed by atoms with Gasteiger partial charge in [-0.3, -0.25) is 19.6 Å². The summed E-state index contributed by atoms with van der Waals surface area (Å²) in [6, 6.07) is 12.8. The third-order valence-corrected chi connectivity index (χ3v) is 5.42. The standard InChI is InChI=1S/C24H27N7O2/c1-14-8-17(10-18(25)9-14)20-12-29-23(30-19-6-7-19)24(33)31(20)13-21(32)28-11-15-2-4-16(5-3-15)22(26)27/h2-5,8-10,12,19H,6-7,11,13,25H2,1H3,(H3,26,27)(H,28,32)(H,29,30). The van der Waals surface area contributed by atoms with E-state index in [9.17, 15) is 9.59 Å². The molecule has 9 heteroatoms. The fourth-order valence-corrected chi connectivity index (χ4v) is 3.56. The average molecular weight is 446 g/mol. The lowest BCUT2D eigenvalue weighted by Gasteiger charge is -2.16. The number of nitrogen functional groups attached to an aromatic ring is 2. The van der Waals surface area contributed by atoms with E-state index >= 15 is 0 Å². The van der Waals surface area contributed by atoms with Crippen LogP contribution < -0.4 is 27.7 Å². The van der Waals surface area contributed by atoms with Crippen molar-refractivity contribution in [2.75, 3.05) is 11.1 Å². The normalized spacial score (nSPS) is 12.9. The van der Waals surface area contributed by atoms with Gasteiger partial charge in [0.1, 0.15) is 12.4 Å². The third kappa shape index (κ3) is 5.38. The molecule has 0 bridgehead atoms. The molecule has 33 heavy (non-hydrogen) atoms. The topological polar surface area (TPSA) is 152 Å². The molecule has 9 nitrogen and oxygen atoms in total. The van der Waals surface area contributed by atoms with Gasteiger partial charge >= 0.3 is 0 Å². The number of nitrogens with one attached hydrogen (secondary N) is 3. The first-order valence-electron chi connectivity index (χ1n) is 10.7. The van der Waals surface area contributed by atoms with E-state index in [0.717, 1.165) is 29.5 Å². The first kappa shape index (κ1) is 22.1. The van der Waals surface area contributed by atoms with Gasteiger partial charge in [-0.1, -0.05) is 24.3 Å². The van der Waals surface area contributed by atoms with Crippen molar-refractivity contribution in [3.8, 4) is 11.3 Å². The molecule has 0 radical (unpaired) electrons. The summed E-state index contributed by atoms with van der Waals surface area (Å²) in [6.45, 7) is 2.05. The van der Waals surface area contributed by atoms with Gasteiger partial charge in [-0.05, 0) is 49.1 Å². The van der Waals surface area contributed by atoms with Gasteiger partial charge in [0, 0.05) is 29.4 Å². The fourth-order valence-electron chi connectivity index (χ4n) is 3.56. The van der Waals surface area contributed by atoms with Crippen LogP contribution in [0.2, 0.25) is 0 Å². The largest absolute Gasteiger partial charge is 0.399 e. The molecular weight excluding hydrogens is 418 g/mol. The molecule has 1 saturated carbocycles. The Balaban J connectivity index is 1.58. The monoisotopic (exact) mass is 445 g/mol. The van der Waals surface area contributed by atoms with Gasteiger partial charge in [-0.2, -0.15) is 0 Å². The van der Waals surface area contributed by atoms with E-state index in [4.69, 9.17) is 16.9 Å². The molecule has 1 heterocycles. The number of nitrogens with zero attached hydrogens (tertiary/aromatic N) is 2. The van der Waals surface area contributed by atoms with E-state index in [-0.39, 0.29) is 42.3 Å². The molecule has 1 aromatic heterocycles. The number of rotatable bonds is 8. The van der Waals surface area contributed by atoms with Gasteiger partial charge in [-0.25, -0.2) is 4.98 Å². The molecule has 0 atom stereocenters. The number of aryl methyl sites for hydroxylation is 1. The lowest BCUT2D eigenvalue weighted by molar-refractivity contribution is -0.121. The minimum atomic E-state index is -0.347. The Morgan fingerprint density at radius 2 is 1.94 bits per heavy atom. The van der Waals surface area contributed by atoms with E-state index in [2.05, 4.69) is 15.6 Å². The molecule has 1 fully saturated rings. The Bertz CT molecular complexity index is 1240. The summed E-state index contributed by atoms with van der Waals surface area (Å²) in [6.07, 6.45) is 3.61. The molecule has 1 aliphatic carbocycles. The molecule has 4 rings (SSSR count). The van der Waals surface area contributed by atoms with Gasteiger partial charge in [0.15, 0.2) is 5.82 Å². The van der Waals surface area contributed by atoms with Crippen LogP contribution in [0.5, 0.6) is 0 Å². The molecule has 1 amide bonds. The van der Waals surface area contributed by atoms with Crippen molar-refractivity contribution in [3.63, 3.8) is 0 Å². The van der Waals surface area contributed by atoms with Crippen molar-refractivity contribution in [2.45, 2.75) is 38.9 Å². The van der Waals surface area contributed by atoms with Crippen LogP contribution in [-0.4, -0.2) is 27.3 Å². The summed E-state index contributed by atoms with van der Waals surface area (Å²) in [5.41, 5.74) is 15.4. The minimum Gasteiger partial charge on any atom is -0.399 e.